The normalized spacial score (nSPS) is 21.1. The fourth-order valence-electron chi connectivity index (χ4n) is 2.06. The van der Waals surface area contributed by atoms with Crippen LogP contribution in [-0.4, -0.2) is 23.6 Å². The van der Waals surface area contributed by atoms with Crippen molar-refractivity contribution in [1.29, 1.82) is 0 Å². The molecule has 2 unspecified atom stereocenters. The van der Waals surface area contributed by atoms with Crippen molar-refractivity contribution in [1.82, 2.24) is 4.98 Å². The van der Waals surface area contributed by atoms with Crippen LogP contribution in [0, 0.1) is 0 Å². The van der Waals surface area contributed by atoms with Crippen LogP contribution in [0.5, 0.6) is 0 Å². The molecule has 2 rings (SSSR count). The number of anilines is 1. The van der Waals surface area contributed by atoms with Gasteiger partial charge in [0.15, 0.2) is 5.13 Å². The number of hydrogen-bond acceptors (Lipinski definition) is 5. The second-order valence-corrected chi connectivity index (χ2v) is 5.80. The van der Waals surface area contributed by atoms with E-state index in [-0.39, 0.29) is 18.1 Å². The number of nitrogens with one attached hydrogen (secondary N) is 1. The summed E-state index contributed by atoms with van der Waals surface area (Å²) >= 11 is 1.41. The lowest BCUT2D eigenvalue weighted by Gasteiger charge is -2.21. The molecular formula is C13H21N3O2S. The smallest absolute Gasteiger partial charge is 0.226 e. The van der Waals surface area contributed by atoms with Crippen molar-refractivity contribution in [3.8, 4) is 0 Å². The molecule has 0 bridgehead atoms. The van der Waals surface area contributed by atoms with Crippen LogP contribution in [0.15, 0.2) is 5.38 Å². The molecule has 3 N–H and O–H groups in total. The highest BCUT2D eigenvalue weighted by Gasteiger charge is 2.16. The number of carbonyl (C=O) groups excluding carboxylic acids is 1. The van der Waals surface area contributed by atoms with E-state index in [0.29, 0.717) is 11.6 Å². The molecule has 1 aliphatic heterocycles. The van der Waals surface area contributed by atoms with Gasteiger partial charge in [-0.25, -0.2) is 4.98 Å². The van der Waals surface area contributed by atoms with Gasteiger partial charge in [0.2, 0.25) is 5.91 Å². The summed E-state index contributed by atoms with van der Waals surface area (Å²) in [5.41, 5.74) is 6.54. The second kappa shape index (κ2) is 6.98. The zero-order valence-corrected chi connectivity index (χ0v) is 12.0. The SMILES string of the molecule is CC(N)c1csc(NC(=O)CCC2CCCCO2)n1. The molecular weight excluding hydrogens is 262 g/mol. The molecule has 6 heteroatoms. The van der Waals surface area contributed by atoms with Gasteiger partial charge in [-0.15, -0.1) is 11.3 Å². The molecule has 1 aliphatic rings. The summed E-state index contributed by atoms with van der Waals surface area (Å²) in [5, 5.41) is 5.32. The lowest BCUT2D eigenvalue weighted by Crippen LogP contribution is -2.21. The molecule has 106 valence electrons. The van der Waals surface area contributed by atoms with Crippen LogP contribution in [0.25, 0.3) is 0 Å². The van der Waals surface area contributed by atoms with E-state index in [2.05, 4.69) is 10.3 Å². The van der Waals surface area contributed by atoms with Gasteiger partial charge in [-0.2, -0.15) is 0 Å². The van der Waals surface area contributed by atoms with E-state index in [0.717, 1.165) is 31.6 Å². The number of carbonyl (C=O) groups is 1. The molecule has 1 aromatic rings. The van der Waals surface area contributed by atoms with Crippen molar-refractivity contribution in [2.75, 3.05) is 11.9 Å². The highest BCUT2D eigenvalue weighted by molar-refractivity contribution is 7.13. The van der Waals surface area contributed by atoms with E-state index < -0.39 is 0 Å². The number of hydrogen-bond donors (Lipinski definition) is 2. The van der Waals surface area contributed by atoms with Gasteiger partial charge < -0.3 is 15.8 Å². The third kappa shape index (κ3) is 4.56. The first-order valence-electron chi connectivity index (χ1n) is 6.77. The zero-order valence-electron chi connectivity index (χ0n) is 11.2. The van der Waals surface area contributed by atoms with Gasteiger partial charge in [0.1, 0.15) is 0 Å². The lowest BCUT2D eigenvalue weighted by atomic mass is 10.0. The fraction of sp³-hybridized carbons (Fsp3) is 0.692. The van der Waals surface area contributed by atoms with Gasteiger partial charge in [-0.3, -0.25) is 4.79 Å². The Bertz CT molecular complexity index is 414. The number of nitrogens with two attached hydrogens (primary N) is 1. The molecule has 0 radical (unpaired) electrons. The largest absolute Gasteiger partial charge is 0.378 e. The molecule has 19 heavy (non-hydrogen) atoms. The molecule has 1 amide bonds. The molecule has 1 aromatic heterocycles. The number of amides is 1. The van der Waals surface area contributed by atoms with Crippen LogP contribution in [0.3, 0.4) is 0 Å². The third-order valence-corrected chi connectivity index (χ3v) is 3.98. The number of rotatable bonds is 5. The first-order valence-corrected chi connectivity index (χ1v) is 7.65. The van der Waals surface area contributed by atoms with E-state index in [4.69, 9.17) is 10.5 Å². The molecule has 2 heterocycles. The summed E-state index contributed by atoms with van der Waals surface area (Å²) in [6.07, 6.45) is 4.93. The third-order valence-electron chi connectivity index (χ3n) is 3.20. The topological polar surface area (TPSA) is 77.2 Å². The van der Waals surface area contributed by atoms with Crippen LogP contribution >= 0.6 is 11.3 Å². The molecule has 0 aromatic carbocycles. The zero-order chi connectivity index (χ0) is 13.7. The van der Waals surface area contributed by atoms with Gasteiger partial charge in [0.25, 0.3) is 0 Å². The van der Waals surface area contributed by atoms with Crippen molar-refractivity contribution < 1.29 is 9.53 Å². The number of thiazole rings is 1. The first kappa shape index (κ1) is 14.4. The molecule has 0 aliphatic carbocycles. The number of ether oxygens (including phenoxy) is 1. The predicted octanol–water partition coefficient (Wildman–Crippen LogP) is 2.45. The number of aromatic nitrogens is 1. The van der Waals surface area contributed by atoms with E-state index in [1.54, 1.807) is 0 Å². The summed E-state index contributed by atoms with van der Waals surface area (Å²) < 4.78 is 5.60. The van der Waals surface area contributed by atoms with Crippen molar-refractivity contribution in [2.24, 2.45) is 5.73 Å². The predicted molar refractivity (Wildman–Crippen MR) is 76.2 cm³/mol. The fourth-order valence-corrected chi connectivity index (χ4v) is 2.89. The van der Waals surface area contributed by atoms with E-state index in [9.17, 15) is 4.79 Å². The molecule has 1 fully saturated rings. The quantitative estimate of drug-likeness (QED) is 0.870. The highest BCUT2D eigenvalue weighted by atomic mass is 32.1. The summed E-state index contributed by atoms with van der Waals surface area (Å²) in [5.74, 6) is -0.000233. The van der Waals surface area contributed by atoms with Gasteiger partial charge in [0.05, 0.1) is 11.8 Å². The van der Waals surface area contributed by atoms with E-state index in [1.165, 1.54) is 17.8 Å². The van der Waals surface area contributed by atoms with Crippen molar-refractivity contribution in [3.63, 3.8) is 0 Å². The average molecular weight is 283 g/mol. The summed E-state index contributed by atoms with van der Waals surface area (Å²) in [6, 6.07) is -0.0995. The standard InChI is InChI=1S/C13H21N3O2S/c1-9(14)11-8-19-13(15-11)16-12(17)6-5-10-4-2-3-7-18-10/h8-10H,2-7,14H2,1H3,(H,15,16,17). The minimum atomic E-state index is -0.0995. The minimum Gasteiger partial charge on any atom is -0.378 e. The lowest BCUT2D eigenvalue weighted by molar-refractivity contribution is -0.117. The van der Waals surface area contributed by atoms with Crippen molar-refractivity contribution in [3.05, 3.63) is 11.1 Å². The summed E-state index contributed by atoms with van der Waals surface area (Å²) in [6.45, 7) is 2.71. The summed E-state index contributed by atoms with van der Waals surface area (Å²) in [7, 11) is 0. The van der Waals surface area contributed by atoms with Crippen LogP contribution < -0.4 is 11.1 Å². The maximum Gasteiger partial charge on any atom is 0.226 e. The van der Waals surface area contributed by atoms with E-state index >= 15 is 0 Å². The first-order chi connectivity index (χ1) is 9.15. The average Bonchev–Trinajstić information content (AvgIpc) is 2.86. The highest BCUT2D eigenvalue weighted by Crippen LogP contribution is 2.20. The Labute approximate surface area is 117 Å². The minimum absolute atomic E-state index is 0.000233. The van der Waals surface area contributed by atoms with Crippen molar-refractivity contribution in [2.45, 2.75) is 51.2 Å². The van der Waals surface area contributed by atoms with E-state index in [1.807, 2.05) is 12.3 Å². The number of nitrogens with zero attached hydrogens (tertiary/aromatic N) is 1. The maximum atomic E-state index is 11.8. The Balaban J connectivity index is 1.73. The molecule has 1 saturated heterocycles. The Kier molecular flexibility index (Phi) is 5.30. The van der Waals surface area contributed by atoms with Gasteiger partial charge in [-0.1, -0.05) is 0 Å². The second-order valence-electron chi connectivity index (χ2n) is 4.94. The van der Waals surface area contributed by atoms with Crippen LogP contribution in [0.2, 0.25) is 0 Å². The van der Waals surface area contributed by atoms with Gasteiger partial charge >= 0.3 is 0 Å². The Morgan fingerprint density at radius 2 is 2.53 bits per heavy atom. The molecule has 0 spiro atoms. The summed E-state index contributed by atoms with van der Waals surface area (Å²) in [4.78, 5) is 16.1. The van der Waals surface area contributed by atoms with Crippen molar-refractivity contribution >= 4 is 22.4 Å². The Hall–Kier alpha value is -0.980. The van der Waals surface area contributed by atoms with Gasteiger partial charge in [0, 0.05) is 24.4 Å². The van der Waals surface area contributed by atoms with Crippen LogP contribution in [0.4, 0.5) is 5.13 Å². The van der Waals surface area contributed by atoms with Crippen LogP contribution in [0.1, 0.15) is 50.8 Å². The maximum absolute atomic E-state index is 11.8. The Morgan fingerprint density at radius 1 is 1.68 bits per heavy atom. The molecule has 2 atom stereocenters. The van der Waals surface area contributed by atoms with Crippen LogP contribution in [-0.2, 0) is 9.53 Å². The van der Waals surface area contributed by atoms with Gasteiger partial charge in [-0.05, 0) is 32.6 Å². The molecule has 5 nitrogen and oxygen atoms in total. The molecule has 0 saturated carbocycles. The Morgan fingerprint density at radius 3 is 3.16 bits per heavy atom. The monoisotopic (exact) mass is 283 g/mol.